The van der Waals surface area contributed by atoms with Crippen LogP contribution in [0.5, 0.6) is 0 Å². The van der Waals surface area contributed by atoms with E-state index in [1.54, 1.807) is 0 Å². The van der Waals surface area contributed by atoms with Gasteiger partial charge in [-0.2, -0.15) is 11.8 Å². The van der Waals surface area contributed by atoms with Gasteiger partial charge in [0.15, 0.2) is 11.0 Å². The summed E-state index contributed by atoms with van der Waals surface area (Å²) in [5, 5.41) is 3.56. The van der Waals surface area contributed by atoms with Crippen molar-refractivity contribution in [2.24, 2.45) is 0 Å². The number of rotatable bonds is 3. The molecule has 1 aromatic heterocycles. The number of nitrogens with two attached hydrogens (primary N) is 1. The van der Waals surface area contributed by atoms with Crippen molar-refractivity contribution >= 4 is 34.9 Å². The molecule has 1 saturated heterocycles. The van der Waals surface area contributed by atoms with Crippen LogP contribution in [0.15, 0.2) is 6.33 Å². The van der Waals surface area contributed by atoms with Crippen molar-refractivity contribution in [1.82, 2.24) is 9.97 Å². The predicted molar refractivity (Wildman–Crippen MR) is 70.0 cm³/mol. The van der Waals surface area contributed by atoms with Gasteiger partial charge < -0.3 is 11.1 Å². The molecule has 1 unspecified atom stereocenters. The number of anilines is 2. The van der Waals surface area contributed by atoms with E-state index < -0.39 is 0 Å². The molecule has 1 aliphatic rings. The second kappa shape index (κ2) is 4.67. The van der Waals surface area contributed by atoms with Crippen LogP contribution in [0.2, 0.25) is 5.15 Å². The highest BCUT2D eigenvalue weighted by Crippen LogP contribution is 2.38. The van der Waals surface area contributed by atoms with Crippen molar-refractivity contribution in [3.05, 3.63) is 11.5 Å². The SMILES string of the molecule is CC1(CNc2ncnc(Cl)c2N)CCCS1. The summed E-state index contributed by atoms with van der Waals surface area (Å²) in [5.41, 5.74) is 6.21. The van der Waals surface area contributed by atoms with Gasteiger partial charge in [-0.15, -0.1) is 0 Å². The van der Waals surface area contributed by atoms with Crippen LogP contribution in [-0.2, 0) is 0 Å². The number of thioether (sulfide) groups is 1. The van der Waals surface area contributed by atoms with Crippen molar-refractivity contribution in [3.63, 3.8) is 0 Å². The fourth-order valence-corrected chi connectivity index (χ4v) is 3.14. The zero-order valence-corrected chi connectivity index (χ0v) is 10.7. The van der Waals surface area contributed by atoms with Crippen LogP contribution in [0.4, 0.5) is 11.5 Å². The van der Waals surface area contributed by atoms with Gasteiger partial charge in [0.05, 0.1) is 0 Å². The van der Waals surface area contributed by atoms with E-state index >= 15 is 0 Å². The quantitative estimate of drug-likeness (QED) is 0.816. The molecule has 3 N–H and O–H groups in total. The molecule has 0 spiro atoms. The van der Waals surface area contributed by atoms with E-state index in [2.05, 4.69) is 22.2 Å². The molecule has 0 bridgehead atoms. The van der Waals surface area contributed by atoms with Gasteiger partial charge in [-0.25, -0.2) is 9.97 Å². The molecule has 1 fully saturated rings. The molecule has 0 radical (unpaired) electrons. The van der Waals surface area contributed by atoms with E-state index in [1.807, 2.05) is 11.8 Å². The van der Waals surface area contributed by atoms with Crippen LogP contribution in [0.25, 0.3) is 0 Å². The van der Waals surface area contributed by atoms with Crippen molar-refractivity contribution in [3.8, 4) is 0 Å². The molecule has 4 nitrogen and oxygen atoms in total. The van der Waals surface area contributed by atoms with Crippen LogP contribution in [-0.4, -0.2) is 27.0 Å². The molecular weight excluding hydrogens is 244 g/mol. The van der Waals surface area contributed by atoms with E-state index in [9.17, 15) is 0 Å². The third kappa shape index (κ3) is 2.52. The Balaban J connectivity index is 2.02. The maximum atomic E-state index is 5.82. The molecule has 1 aromatic rings. The fourth-order valence-electron chi connectivity index (χ4n) is 1.76. The third-order valence-electron chi connectivity index (χ3n) is 2.77. The number of hydrogen-bond acceptors (Lipinski definition) is 5. The maximum Gasteiger partial charge on any atom is 0.157 e. The molecule has 0 amide bonds. The molecule has 16 heavy (non-hydrogen) atoms. The van der Waals surface area contributed by atoms with E-state index in [-0.39, 0.29) is 4.75 Å². The standard InChI is InChI=1S/C10H15ClN4S/c1-10(3-2-4-16-10)5-13-9-7(12)8(11)14-6-15-9/h6H,2-5,12H2,1H3,(H,13,14,15). The number of hydrogen-bond donors (Lipinski definition) is 2. The van der Waals surface area contributed by atoms with Gasteiger partial charge in [0.25, 0.3) is 0 Å². The van der Waals surface area contributed by atoms with Gasteiger partial charge in [0.1, 0.15) is 12.0 Å². The first-order valence-corrected chi connectivity index (χ1v) is 6.61. The first kappa shape index (κ1) is 11.8. The van der Waals surface area contributed by atoms with Gasteiger partial charge in [0.2, 0.25) is 0 Å². The Hall–Kier alpha value is -0.680. The molecule has 88 valence electrons. The lowest BCUT2D eigenvalue weighted by Crippen LogP contribution is -2.27. The summed E-state index contributed by atoms with van der Waals surface area (Å²) in [6.45, 7) is 3.12. The number of nitrogen functional groups attached to an aromatic ring is 1. The highest BCUT2D eigenvalue weighted by molar-refractivity contribution is 8.00. The lowest BCUT2D eigenvalue weighted by atomic mass is 10.1. The number of nitrogens with one attached hydrogen (secondary N) is 1. The monoisotopic (exact) mass is 258 g/mol. The van der Waals surface area contributed by atoms with E-state index in [1.165, 1.54) is 24.9 Å². The lowest BCUT2D eigenvalue weighted by molar-refractivity contribution is 0.634. The van der Waals surface area contributed by atoms with Gasteiger partial charge in [0, 0.05) is 11.3 Å². The number of nitrogens with zero attached hydrogens (tertiary/aromatic N) is 2. The van der Waals surface area contributed by atoms with Crippen LogP contribution < -0.4 is 11.1 Å². The Morgan fingerprint density at radius 1 is 1.62 bits per heavy atom. The zero-order valence-electron chi connectivity index (χ0n) is 9.16. The highest BCUT2D eigenvalue weighted by Gasteiger charge is 2.29. The highest BCUT2D eigenvalue weighted by atomic mass is 35.5. The fraction of sp³-hybridized carbons (Fsp3) is 0.600. The minimum Gasteiger partial charge on any atom is -0.393 e. The van der Waals surface area contributed by atoms with Crippen molar-refractivity contribution in [2.45, 2.75) is 24.5 Å². The second-order valence-electron chi connectivity index (χ2n) is 4.18. The summed E-state index contributed by atoms with van der Waals surface area (Å²) in [7, 11) is 0. The Labute approximate surface area is 104 Å². The van der Waals surface area contributed by atoms with Crippen LogP contribution in [0.3, 0.4) is 0 Å². The average Bonchev–Trinajstić information content (AvgIpc) is 2.68. The summed E-state index contributed by atoms with van der Waals surface area (Å²) >= 11 is 7.82. The van der Waals surface area contributed by atoms with E-state index in [0.29, 0.717) is 16.7 Å². The molecular formula is C10H15ClN4S. The second-order valence-corrected chi connectivity index (χ2v) is 6.22. The summed E-state index contributed by atoms with van der Waals surface area (Å²) < 4.78 is 0.282. The Morgan fingerprint density at radius 2 is 2.44 bits per heavy atom. The van der Waals surface area contributed by atoms with Crippen LogP contribution in [0.1, 0.15) is 19.8 Å². The molecule has 0 aliphatic carbocycles. The molecule has 6 heteroatoms. The molecule has 1 aliphatic heterocycles. The zero-order chi connectivity index (χ0) is 11.6. The van der Waals surface area contributed by atoms with Crippen molar-refractivity contribution in [1.29, 1.82) is 0 Å². The first-order valence-electron chi connectivity index (χ1n) is 5.24. The number of aromatic nitrogens is 2. The third-order valence-corrected chi connectivity index (χ3v) is 4.60. The van der Waals surface area contributed by atoms with E-state index in [0.717, 1.165) is 6.54 Å². The van der Waals surface area contributed by atoms with Gasteiger partial charge in [-0.3, -0.25) is 0 Å². The minimum absolute atomic E-state index is 0.282. The molecule has 2 rings (SSSR count). The Morgan fingerprint density at radius 3 is 3.12 bits per heavy atom. The topological polar surface area (TPSA) is 63.8 Å². The van der Waals surface area contributed by atoms with Gasteiger partial charge >= 0.3 is 0 Å². The smallest absolute Gasteiger partial charge is 0.157 e. The van der Waals surface area contributed by atoms with Crippen LogP contribution in [0, 0.1) is 0 Å². The Bertz CT molecular complexity index is 379. The normalized spacial score (nSPS) is 24.6. The lowest BCUT2D eigenvalue weighted by Gasteiger charge is -2.23. The van der Waals surface area contributed by atoms with Crippen LogP contribution >= 0.6 is 23.4 Å². The van der Waals surface area contributed by atoms with Gasteiger partial charge in [-0.1, -0.05) is 11.6 Å². The summed E-state index contributed by atoms with van der Waals surface area (Å²) in [5.74, 6) is 1.87. The van der Waals surface area contributed by atoms with Crippen molar-refractivity contribution in [2.75, 3.05) is 23.3 Å². The summed E-state index contributed by atoms with van der Waals surface area (Å²) in [6.07, 6.45) is 3.93. The largest absolute Gasteiger partial charge is 0.393 e. The molecule has 1 atom stereocenters. The summed E-state index contributed by atoms with van der Waals surface area (Å²) in [4.78, 5) is 7.91. The van der Waals surface area contributed by atoms with Crippen molar-refractivity contribution < 1.29 is 0 Å². The maximum absolute atomic E-state index is 5.82. The van der Waals surface area contributed by atoms with Gasteiger partial charge in [-0.05, 0) is 25.5 Å². The Kier molecular flexibility index (Phi) is 3.44. The summed E-state index contributed by atoms with van der Waals surface area (Å²) in [6, 6.07) is 0. The number of halogens is 1. The average molecular weight is 259 g/mol. The molecule has 0 saturated carbocycles. The first-order chi connectivity index (χ1) is 7.61. The molecule has 0 aromatic carbocycles. The van der Waals surface area contributed by atoms with E-state index in [4.69, 9.17) is 17.3 Å². The molecule has 2 heterocycles. The predicted octanol–water partition coefficient (Wildman–Crippen LogP) is 2.41. The minimum atomic E-state index is 0.282.